The number of benzene rings is 1. The molecule has 90 valence electrons. The molecule has 0 fully saturated rings. The number of ether oxygens (including phenoxy) is 2. The van der Waals surface area contributed by atoms with Crippen molar-refractivity contribution in [3.63, 3.8) is 0 Å². The maximum Gasteiger partial charge on any atom is 0.387 e. The summed E-state index contributed by atoms with van der Waals surface area (Å²) in [5.41, 5.74) is -0.353. The predicted molar refractivity (Wildman–Crippen MR) is 54.1 cm³/mol. The zero-order chi connectivity index (χ0) is 13.0. The lowest BCUT2D eigenvalue weighted by Crippen LogP contribution is -2.07. The van der Waals surface area contributed by atoms with Gasteiger partial charge < -0.3 is 9.47 Å². The highest BCUT2D eigenvalue weighted by molar-refractivity contribution is 6.34. The van der Waals surface area contributed by atoms with E-state index in [1.165, 1.54) is 0 Å². The van der Waals surface area contributed by atoms with Crippen LogP contribution in [0.3, 0.4) is 0 Å². The highest BCUT2D eigenvalue weighted by Gasteiger charge is 2.18. The first-order valence-electron chi connectivity index (χ1n) is 4.26. The van der Waals surface area contributed by atoms with Crippen LogP contribution in [0.4, 0.5) is 8.78 Å². The molecule has 0 aromatic heterocycles. The minimum atomic E-state index is -3.06. The highest BCUT2D eigenvalue weighted by Crippen LogP contribution is 2.28. The van der Waals surface area contributed by atoms with Gasteiger partial charge in [0, 0.05) is 0 Å². The van der Waals surface area contributed by atoms with Crippen molar-refractivity contribution >= 4 is 17.6 Å². The van der Waals surface area contributed by atoms with Gasteiger partial charge in [-0.3, -0.25) is 0 Å². The van der Waals surface area contributed by atoms with E-state index >= 15 is 0 Å². The Kier molecular flexibility index (Phi) is 4.24. The van der Waals surface area contributed by atoms with Crippen LogP contribution in [0.5, 0.6) is 5.75 Å². The van der Waals surface area contributed by atoms with Crippen molar-refractivity contribution in [2.75, 3.05) is 7.11 Å². The van der Waals surface area contributed by atoms with E-state index in [1.807, 2.05) is 0 Å². The molecule has 0 N–H and O–H groups in total. The standard InChI is InChI=1S/C10H6ClF2NO3/c1-16-9(15)7-3-6(17-10(12)13)2-5(4-14)8(7)11/h2-3,10H,1H3. The average Bonchev–Trinajstić information content (AvgIpc) is 2.29. The van der Waals surface area contributed by atoms with Crippen LogP contribution < -0.4 is 4.74 Å². The van der Waals surface area contributed by atoms with Gasteiger partial charge in [0.05, 0.1) is 23.3 Å². The van der Waals surface area contributed by atoms with Crippen LogP contribution in [0.15, 0.2) is 12.1 Å². The molecule has 1 aromatic rings. The van der Waals surface area contributed by atoms with Crippen LogP contribution >= 0.6 is 11.6 Å². The van der Waals surface area contributed by atoms with Gasteiger partial charge in [-0.1, -0.05) is 11.6 Å². The first-order chi connectivity index (χ1) is 7.99. The lowest BCUT2D eigenvalue weighted by atomic mass is 10.1. The van der Waals surface area contributed by atoms with E-state index < -0.39 is 12.6 Å². The average molecular weight is 262 g/mol. The Balaban J connectivity index is 3.29. The van der Waals surface area contributed by atoms with E-state index in [1.54, 1.807) is 6.07 Å². The third kappa shape index (κ3) is 3.04. The van der Waals surface area contributed by atoms with Crippen LogP contribution in [0.25, 0.3) is 0 Å². The lowest BCUT2D eigenvalue weighted by molar-refractivity contribution is -0.0499. The molecule has 0 spiro atoms. The van der Waals surface area contributed by atoms with Crippen molar-refractivity contribution in [2.24, 2.45) is 0 Å². The second-order valence-corrected chi connectivity index (χ2v) is 3.19. The van der Waals surface area contributed by atoms with E-state index in [0.717, 1.165) is 19.2 Å². The van der Waals surface area contributed by atoms with Crippen molar-refractivity contribution in [1.29, 1.82) is 5.26 Å². The molecule has 0 saturated heterocycles. The monoisotopic (exact) mass is 261 g/mol. The highest BCUT2D eigenvalue weighted by atomic mass is 35.5. The molecule has 0 radical (unpaired) electrons. The third-order valence-corrected chi connectivity index (χ3v) is 2.20. The molecule has 0 heterocycles. The van der Waals surface area contributed by atoms with Crippen molar-refractivity contribution < 1.29 is 23.0 Å². The number of carbonyl (C=O) groups is 1. The smallest absolute Gasteiger partial charge is 0.387 e. The summed E-state index contributed by atoms with van der Waals surface area (Å²) in [5, 5.41) is 8.56. The summed E-state index contributed by atoms with van der Waals surface area (Å²) in [7, 11) is 1.10. The number of carbonyl (C=O) groups excluding carboxylic acids is 1. The molecule has 1 rings (SSSR count). The normalized spacial score (nSPS) is 9.88. The Hall–Kier alpha value is -1.87. The van der Waals surface area contributed by atoms with Gasteiger partial charge >= 0.3 is 12.6 Å². The zero-order valence-corrected chi connectivity index (χ0v) is 9.29. The van der Waals surface area contributed by atoms with Gasteiger partial charge in [0.1, 0.15) is 11.8 Å². The number of nitrogens with zero attached hydrogens (tertiary/aromatic N) is 1. The second kappa shape index (κ2) is 5.46. The minimum Gasteiger partial charge on any atom is -0.465 e. The number of alkyl halides is 2. The fourth-order valence-electron chi connectivity index (χ4n) is 1.11. The summed E-state index contributed by atoms with van der Waals surface area (Å²) in [5.74, 6) is -1.17. The van der Waals surface area contributed by atoms with Gasteiger partial charge in [-0.05, 0) is 12.1 Å². The molecule has 0 unspecified atom stereocenters. The van der Waals surface area contributed by atoms with E-state index in [-0.39, 0.29) is 21.9 Å². The Bertz CT molecular complexity index is 485. The van der Waals surface area contributed by atoms with E-state index in [9.17, 15) is 13.6 Å². The molecule has 17 heavy (non-hydrogen) atoms. The molecule has 0 saturated carbocycles. The maximum absolute atomic E-state index is 12.0. The number of esters is 1. The molecule has 0 aliphatic rings. The maximum atomic E-state index is 12.0. The third-order valence-electron chi connectivity index (χ3n) is 1.80. The van der Waals surface area contributed by atoms with E-state index in [2.05, 4.69) is 9.47 Å². The molecule has 0 amide bonds. The number of halogens is 3. The van der Waals surface area contributed by atoms with Crippen molar-refractivity contribution in [3.05, 3.63) is 28.3 Å². The van der Waals surface area contributed by atoms with Gasteiger partial charge in [-0.2, -0.15) is 14.0 Å². The van der Waals surface area contributed by atoms with Crippen molar-refractivity contribution in [1.82, 2.24) is 0 Å². The summed E-state index contributed by atoms with van der Waals surface area (Å²) in [6, 6.07) is 3.67. The van der Waals surface area contributed by atoms with Crippen molar-refractivity contribution in [3.8, 4) is 11.8 Å². The van der Waals surface area contributed by atoms with Crippen LogP contribution in [-0.4, -0.2) is 19.7 Å². The van der Waals surface area contributed by atoms with Crippen LogP contribution in [0.2, 0.25) is 5.02 Å². The Morgan fingerprint density at radius 3 is 2.65 bits per heavy atom. The Morgan fingerprint density at radius 1 is 1.53 bits per heavy atom. The molecule has 0 aliphatic carbocycles. The van der Waals surface area contributed by atoms with Crippen LogP contribution in [0, 0.1) is 11.3 Å². The summed E-state index contributed by atoms with van der Waals surface area (Å²) in [6.45, 7) is -3.06. The minimum absolute atomic E-state index is 0.148. The molecular formula is C10H6ClF2NO3. The van der Waals surface area contributed by atoms with Crippen LogP contribution in [-0.2, 0) is 4.74 Å². The molecular weight excluding hydrogens is 256 g/mol. The summed E-state index contributed by atoms with van der Waals surface area (Å²) in [4.78, 5) is 11.3. The largest absolute Gasteiger partial charge is 0.465 e. The molecule has 7 heteroatoms. The number of hydrogen-bond acceptors (Lipinski definition) is 4. The van der Waals surface area contributed by atoms with Gasteiger partial charge in [-0.25, -0.2) is 4.79 Å². The van der Waals surface area contributed by atoms with Gasteiger partial charge in [-0.15, -0.1) is 0 Å². The number of hydrogen-bond donors (Lipinski definition) is 0. The second-order valence-electron chi connectivity index (χ2n) is 2.81. The summed E-state index contributed by atoms with van der Waals surface area (Å²) < 4.78 is 32.5. The number of nitriles is 1. The zero-order valence-electron chi connectivity index (χ0n) is 8.54. The van der Waals surface area contributed by atoms with Crippen molar-refractivity contribution in [2.45, 2.75) is 6.61 Å². The Morgan fingerprint density at radius 2 is 2.18 bits per heavy atom. The van der Waals surface area contributed by atoms with E-state index in [4.69, 9.17) is 16.9 Å². The fraction of sp³-hybridized carbons (Fsp3) is 0.200. The van der Waals surface area contributed by atoms with Gasteiger partial charge in [0.25, 0.3) is 0 Å². The number of methoxy groups -OCH3 is 1. The quantitative estimate of drug-likeness (QED) is 0.785. The van der Waals surface area contributed by atoms with Crippen LogP contribution in [0.1, 0.15) is 15.9 Å². The fourth-order valence-corrected chi connectivity index (χ4v) is 1.34. The first-order valence-corrected chi connectivity index (χ1v) is 4.64. The SMILES string of the molecule is COC(=O)c1cc(OC(F)F)cc(C#N)c1Cl. The molecule has 0 bridgehead atoms. The molecule has 4 nitrogen and oxygen atoms in total. The Labute approximate surface area is 100 Å². The van der Waals surface area contributed by atoms with Gasteiger partial charge in [0.15, 0.2) is 0 Å². The summed E-state index contributed by atoms with van der Waals surface area (Å²) in [6.07, 6.45) is 0. The van der Waals surface area contributed by atoms with E-state index in [0.29, 0.717) is 0 Å². The van der Waals surface area contributed by atoms with Gasteiger partial charge in [0.2, 0.25) is 0 Å². The topological polar surface area (TPSA) is 59.3 Å². The predicted octanol–water partition coefficient (Wildman–Crippen LogP) is 2.60. The first kappa shape index (κ1) is 13.2. The molecule has 1 aromatic carbocycles. The molecule has 0 aliphatic heterocycles. The number of rotatable bonds is 3. The summed E-state index contributed by atoms with van der Waals surface area (Å²) >= 11 is 5.72. The molecule has 0 atom stereocenters. The lowest BCUT2D eigenvalue weighted by Gasteiger charge is -2.08.